The summed E-state index contributed by atoms with van der Waals surface area (Å²) in [6.07, 6.45) is 0.349. The number of anilines is 1. The summed E-state index contributed by atoms with van der Waals surface area (Å²) in [6.45, 7) is 11.0. The molecule has 2 amide bonds. The van der Waals surface area contributed by atoms with Gasteiger partial charge in [-0.2, -0.15) is 0 Å². The number of nitrogens with one attached hydrogen (secondary N) is 1. The molecule has 3 aromatic rings. The van der Waals surface area contributed by atoms with Gasteiger partial charge in [0.2, 0.25) is 11.8 Å². The molecule has 0 radical (unpaired) electrons. The van der Waals surface area contributed by atoms with Crippen LogP contribution in [0.4, 0.5) is 5.69 Å². The number of carbonyl (C=O) groups is 2. The van der Waals surface area contributed by atoms with Crippen molar-refractivity contribution in [3.63, 3.8) is 0 Å². The van der Waals surface area contributed by atoms with Gasteiger partial charge in [0.05, 0.1) is 22.2 Å². The van der Waals surface area contributed by atoms with Crippen molar-refractivity contribution < 1.29 is 22.7 Å². The molecular weight excluding hydrogens is 618 g/mol. The Morgan fingerprint density at radius 3 is 2.02 bits per heavy atom. The van der Waals surface area contributed by atoms with Gasteiger partial charge in [0.15, 0.2) is 0 Å². The van der Waals surface area contributed by atoms with E-state index in [0.717, 1.165) is 21.0 Å². The van der Waals surface area contributed by atoms with E-state index in [1.165, 1.54) is 24.1 Å². The quantitative estimate of drug-likeness (QED) is 0.273. The van der Waals surface area contributed by atoms with Crippen molar-refractivity contribution in [2.45, 2.75) is 71.0 Å². The molecule has 226 valence electrons. The number of sulfonamides is 1. The second kappa shape index (κ2) is 13.7. The van der Waals surface area contributed by atoms with E-state index >= 15 is 0 Å². The van der Waals surface area contributed by atoms with Gasteiger partial charge >= 0.3 is 0 Å². The molecule has 0 spiro atoms. The zero-order chi connectivity index (χ0) is 31.2. The summed E-state index contributed by atoms with van der Waals surface area (Å²) in [5.41, 5.74) is 2.67. The van der Waals surface area contributed by atoms with E-state index in [2.05, 4.69) is 21.2 Å². The summed E-state index contributed by atoms with van der Waals surface area (Å²) in [4.78, 5) is 29.1. The Morgan fingerprint density at radius 1 is 0.952 bits per heavy atom. The van der Waals surface area contributed by atoms with Crippen molar-refractivity contribution in [2.75, 3.05) is 18.0 Å². The Balaban J connectivity index is 2.09. The summed E-state index contributed by atoms with van der Waals surface area (Å²) in [5.74, 6) is -0.315. The van der Waals surface area contributed by atoms with Gasteiger partial charge < -0.3 is 15.0 Å². The average Bonchev–Trinajstić information content (AvgIpc) is 2.92. The molecule has 0 unspecified atom stereocenters. The van der Waals surface area contributed by atoms with Gasteiger partial charge in [-0.05, 0) is 92.9 Å². The number of hydrogen-bond acceptors (Lipinski definition) is 5. The molecule has 42 heavy (non-hydrogen) atoms. The third kappa shape index (κ3) is 8.35. The zero-order valence-corrected chi connectivity index (χ0v) is 27.7. The highest BCUT2D eigenvalue weighted by molar-refractivity contribution is 9.10. The molecule has 3 aromatic carbocycles. The molecule has 8 nitrogen and oxygen atoms in total. The Morgan fingerprint density at radius 2 is 1.52 bits per heavy atom. The van der Waals surface area contributed by atoms with Crippen LogP contribution >= 0.6 is 15.9 Å². The van der Waals surface area contributed by atoms with E-state index in [1.807, 2.05) is 65.8 Å². The lowest BCUT2D eigenvalue weighted by Crippen LogP contribution is -2.55. The number of rotatable bonds is 11. The fourth-order valence-electron chi connectivity index (χ4n) is 4.44. The highest BCUT2D eigenvalue weighted by Gasteiger charge is 2.34. The Bertz CT molecular complexity index is 1500. The minimum atomic E-state index is -4.20. The Kier molecular flexibility index (Phi) is 10.8. The van der Waals surface area contributed by atoms with Crippen LogP contribution in [0.15, 0.2) is 76.1 Å². The fraction of sp³-hybridized carbons (Fsp3) is 0.375. The van der Waals surface area contributed by atoms with E-state index < -0.39 is 34.1 Å². The maximum atomic E-state index is 14.2. The predicted molar refractivity (Wildman–Crippen MR) is 170 cm³/mol. The molecule has 0 aliphatic heterocycles. The second-order valence-corrected chi connectivity index (χ2v) is 14.0. The summed E-state index contributed by atoms with van der Waals surface area (Å²) in [5, 5.41) is 2.98. The Hall–Kier alpha value is -3.37. The van der Waals surface area contributed by atoms with Crippen LogP contribution in [-0.4, -0.2) is 50.4 Å². The third-order valence-corrected chi connectivity index (χ3v) is 9.06. The molecule has 0 aliphatic carbocycles. The first-order valence-electron chi connectivity index (χ1n) is 13.8. The van der Waals surface area contributed by atoms with E-state index in [1.54, 1.807) is 30.3 Å². The van der Waals surface area contributed by atoms with Crippen LogP contribution in [0.2, 0.25) is 0 Å². The van der Waals surface area contributed by atoms with Gasteiger partial charge in [0, 0.05) is 12.1 Å². The summed E-state index contributed by atoms with van der Waals surface area (Å²) >= 11 is 3.37. The molecule has 1 atom stereocenters. The first-order chi connectivity index (χ1) is 19.7. The summed E-state index contributed by atoms with van der Waals surface area (Å²) in [6, 6.07) is 18.3. The van der Waals surface area contributed by atoms with Gasteiger partial charge in [-0.3, -0.25) is 13.9 Å². The summed E-state index contributed by atoms with van der Waals surface area (Å²) < 4.78 is 35.0. The van der Waals surface area contributed by atoms with Crippen LogP contribution < -0.4 is 14.4 Å². The van der Waals surface area contributed by atoms with Gasteiger partial charge in [-0.25, -0.2) is 8.42 Å². The highest BCUT2D eigenvalue weighted by atomic mass is 79.9. The third-order valence-electron chi connectivity index (χ3n) is 6.67. The fourth-order valence-corrected chi connectivity index (χ4v) is 6.57. The van der Waals surface area contributed by atoms with E-state index in [-0.39, 0.29) is 17.3 Å². The molecule has 0 fully saturated rings. The first-order valence-corrected chi connectivity index (χ1v) is 16.0. The number of methoxy groups -OCH3 is 1. The van der Waals surface area contributed by atoms with Crippen molar-refractivity contribution in [1.82, 2.24) is 10.2 Å². The molecular formula is C32H40BrN3O5S. The number of amides is 2. The van der Waals surface area contributed by atoms with Gasteiger partial charge in [-0.15, -0.1) is 0 Å². The van der Waals surface area contributed by atoms with Crippen molar-refractivity contribution >= 4 is 43.5 Å². The highest BCUT2D eigenvalue weighted by Crippen LogP contribution is 2.31. The number of aryl methyl sites for hydroxylation is 2. The van der Waals surface area contributed by atoms with Crippen molar-refractivity contribution in [3.8, 4) is 5.75 Å². The van der Waals surface area contributed by atoms with E-state index in [0.29, 0.717) is 22.3 Å². The molecule has 0 saturated carbocycles. The minimum Gasteiger partial charge on any atom is -0.496 e. The maximum absolute atomic E-state index is 14.2. The number of nitrogens with zero attached hydrogens (tertiary/aromatic N) is 2. The number of halogens is 1. The lowest BCUT2D eigenvalue weighted by Gasteiger charge is -2.34. The normalized spacial score (nSPS) is 12.4. The van der Waals surface area contributed by atoms with Crippen molar-refractivity contribution in [1.29, 1.82) is 0 Å². The van der Waals surface area contributed by atoms with Crippen LogP contribution in [0.5, 0.6) is 5.75 Å². The summed E-state index contributed by atoms with van der Waals surface area (Å²) in [7, 11) is -2.71. The average molecular weight is 659 g/mol. The van der Waals surface area contributed by atoms with Crippen LogP contribution in [0, 0.1) is 13.8 Å². The molecule has 0 saturated heterocycles. The molecule has 1 N–H and O–H groups in total. The maximum Gasteiger partial charge on any atom is 0.264 e. The number of carbonyl (C=O) groups excluding carboxylic acids is 2. The molecule has 0 aliphatic rings. The van der Waals surface area contributed by atoms with Crippen molar-refractivity contribution in [2.24, 2.45) is 0 Å². The number of benzene rings is 3. The van der Waals surface area contributed by atoms with Crippen LogP contribution in [-0.2, 0) is 26.2 Å². The SMILES string of the molecule is CC[C@@H](C(=O)NC(C)(C)C)N(Cc1ccc(C)cc1)C(=O)CN(c1ccc(C)cc1)S(=O)(=O)c1ccc(OC)c(Br)c1. The van der Waals surface area contributed by atoms with Gasteiger partial charge in [0.1, 0.15) is 18.3 Å². The number of ether oxygens (including phenoxy) is 1. The molecule has 0 heterocycles. The standard InChI is InChI=1S/C32H40BrN3O5S/c1-8-28(31(38)34-32(4,5)6)35(20-24-13-9-22(2)10-14-24)30(37)21-36(25-15-11-23(3)12-16-25)42(39,40)26-17-18-29(41-7)27(33)19-26/h9-19,28H,8,20-21H2,1-7H3,(H,34,38)/t28-/m0/s1. The monoisotopic (exact) mass is 657 g/mol. The second-order valence-electron chi connectivity index (χ2n) is 11.3. The van der Waals surface area contributed by atoms with Crippen molar-refractivity contribution in [3.05, 3.63) is 87.9 Å². The minimum absolute atomic E-state index is 0.00819. The van der Waals surface area contributed by atoms with Gasteiger partial charge in [0.25, 0.3) is 10.0 Å². The van der Waals surface area contributed by atoms with Crippen LogP contribution in [0.1, 0.15) is 50.8 Å². The lowest BCUT2D eigenvalue weighted by atomic mass is 10.1. The van der Waals surface area contributed by atoms with Crippen LogP contribution in [0.25, 0.3) is 0 Å². The van der Waals surface area contributed by atoms with Gasteiger partial charge in [-0.1, -0.05) is 54.4 Å². The van der Waals surface area contributed by atoms with E-state index in [4.69, 9.17) is 4.74 Å². The topological polar surface area (TPSA) is 96.0 Å². The number of hydrogen-bond donors (Lipinski definition) is 1. The molecule has 10 heteroatoms. The predicted octanol–water partition coefficient (Wildman–Crippen LogP) is 5.99. The van der Waals surface area contributed by atoms with E-state index in [9.17, 15) is 18.0 Å². The van der Waals surface area contributed by atoms with Crippen LogP contribution in [0.3, 0.4) is 0 Å². The molecule has 0 aromatic heterocycles. The zero-order valence-electron chi connectivity index (χ0n) is 25.3. The first kappa shape index (κ1) is 33.1. The molecule has 3 rings (SSSR count). The lowest BCUT2D eigenvalue weighted by molar-refractivity contribution is -0.141. The largest absolute Gasteiger partial charge is 0.496 e. The Labute approximate surface area is 258 Å². The smallest absolute Gasteiger partial charge is 0.264 e. The molecule has 0 bridgehead atoms.